The van der Waals surface area contributed by atoms with Crippen molar-refractivity contribution in [3.05, 3.63) is 0 Å². The molecular formula is C6H7NO6. The molecule has 0 heterocycles. The van der Waals surface area contributed by atoms with E-state index in [1.165, 1.54) is 0 Å². The molecule has 13 heavy (non-hydrogen) atoms. The van der Waals surface area contributed by atoms with E-state index in [0.29, 0.717) is 0 Å². The molecule has 0 aliphatic heterocycles. The number of esters is 2. The Kier molecular flexibility index (Phi) is 5.05. The third-order valence-corrected chi connectivity index (χ3v) is 1.03. The highest BCUT2D eigenvalue weighted by Gasteiger charge is 2.19. The van der Waals surface area contributed by atoms with Gasteiger partial charge in [0.1, 0.15) is 6.04 Å². The molecule has 0 aromatic carbocycles. The summed E-state index contributed by atoms with van der Waals surface area (Å²) in [5.41, 5.74) is 5.08. The summed E-state index contributed by atoms with van der Waals surface area (Å²) in [4.78, 5) is 40.4. The van der Waals surface area contributed by atoms with E-state index in [1.807, 2.05) is 0 Å². The molecule has 0 amide bonds. The first kappa shape index (κ1) is 11.2. The van der Waals surface area contributed by atoms with Gasteiger partial charge in [0.15, 0.2) is 0 Å². The predicted molar refractivity (Wildman–Crippen MR) is 36.9 cm³/mol. The minimum atomic E-state index is -1.31. The summed E-state index contributed by atoms with van der Waals surface area (Å²) in [6.07, 6.45) is -0.522. The van der Waals surface area contributed by atoms with Crippen molar-refractivity contribution in [2.24, 2.45) is 5.73 Å². The molecule has 0 fully saturated rings. The van der Waals surface area contributed by atoms with Crippen LogP contribution in [0.15, 0.2) is 0 Å². The lowest BCUT2D eigenvalue weighted by Crippen LogP contribution is -2.34. The molecule has 0 bridgehead atoms. The van der Waals surface area contributed by atoms with Gasteiger partial charge in [0.2, 0.25) is 0 Å². The van der Waals surface area contributed by atoms with E-state index in [-0.39, 0.29) is 12.9 Å². The van der Waals surface area contributed by atoms with Crippen molar-refractivity contribution in [2.45, 2.75) is 12.5 Å². The SMILES string of the molecule is NC(CC(=O)OC=O)C(=O)OC=O. The van der Waals surface area contributed by atoms with Crippen LogP contribution in [-0.2, 0) is 28.7 Å². The Hall–Kier alpha value is -1.76. The standard InChI is InChI=1S/C6H7NO6/c7-4(6(11)13-3-9)1-5(10)12-2-8/h2-4H,1,7H2. The minimum Gasteiger partial charge on any atom is -0.395 e. The Morgan fingerprint density at radius 1 is 1.23 bits per heavy atom. The molecule has 0 aliphatic rings. The molecule has 1 unspecified atom stereocenters. The van der Waals surface area contributed by atoms with Gasteiger partial charge in [-0.05, 0) is 0 Å². The van der Waals surface area contributed by atoms with Crippen LogP contribution < -0.4 is 5.73 Å². The van der Waals surface area contributed by atoms with E-state index in [1.54, 1.807) is 0 Å². The van der Waals surface area contributed by atoms with E-state index in [0.717, 1.165) is 0 Å². The van der Waals surface area contributed by atoms with Crippen molar-refractivity contribution >= 4 is 24.9 Å². The van der Waals surface area contributed by atoms with Gasteiger partial charge in [-0.2, -0.15) is 0 Å². The fourth-order valence-electron chi connectivity index (χ4n) is 0.499. The van der Waals surface area contributed by atoms with Crippen LogP contribution in [0.5, 0.6) is 0 Å². The molecule has 0 aliphatic carbocycles. The fourth-order valence-corrected chi connectivity index (χ4v) is 0.499. The smallest absolute Gasteiger partial charge is 0.330 e. The first-order valence-electron chi connectivity index (χ1n) is 3.14. The number of ether oxygens (including phenoxy) is 2. The molecule has 1 atom stereocenters. The van der Waals surface area contributed by atoms with Gasteiger partial charge in [-0.3, -0.25) is 14.4 Å². The van der Waals surface area contributed by atoms with Crippen LogP contribution in [0, 0.1) is 0 Å². The number of nitrogens with two attached hydrogens (primary N) is 1. The van der Waals surface area contributed by atoms with Gasteiger partial charge < -0.3 is 15.2 Å². The summed E-state index contributed by atoms with van der Waals surface area (Å²) in [7, 11) is 0. The summed E-state index contributed by atoms with van der Waals surface area (Å²) in [5.74, 6) is -2.02. The maximum atomic E-state index is 10.6. The molecule has 0 spiro atoms. The number of hydrogen-bond donors (Lipinski definition) is 1. The quantitative estimate of drug-likeness (QED) is 0.305. The highest BCUT2D eigenvalue weighted by molar-refractivity contribution is 5.87. The van der Waals surface area contributed by atoms with Crippen LogP contribution >= 0.6 is 0 Å². The Balaban J connectivity index is 3.90. The molecule has 2 N–H and O–H groups in total. The molecule has 0 aromatic rings. The average Bonchev–Trinajstić information content (AvgIpc) is 2.05. The average molecular weight is 189 g/mol. The van der Waals surface area contributed by atoms with E-state index >= 15 is 0 Å². The zero-order valence-corrected chi connectivity index (χ0v) is 6.47. The first-order valence-corrected chi connectivity index (χ1v) is 3.14. The Bertz CT molecular complexity index is 225. The summed E-state index contributed by atoms with van der Waals surface area (Å²) in [6, 6.07) is -1.31. The number of carbonyl (C=O) groups excluding carboxylic acids is 4. The molecule has 0 rings (SSSR count). The monoisotopic (exact) mass is 189 g/mol. The fraction of sp³-hybridized carbons (Fsp3) is 0.333. The Labute approximate surface area is 72.8 Å². The minimum absolute atomic E-state index is 0.0832. The van der Waals surface area contributed by atoms with E-state index in [4.69, 9.17) is 5.73 Å². The zero-order chi connectivity index (χ0) is 10.3. The van der Waals surface area contributed by atoms with Gasteiger partial charge in [0, 0.05) is 0 Å². The third-order valence-electron chi connectivity index (χ3n) is 1.03. The van der Waals surface area contributed by atoms with E-state index in [2.05, 4.69) is 9.47 Å². The maximum Gasteiger partial charge on any atom is 0.330 e. The van der Waals surface area contributed by atoms with E-state index < -0.39 is 24.4 Å². The second-order valence-electron chi connectivity index (χ2n) is 1.93. The number of carbonyl (C=O) groups is 4. The second-order valence-corrected chi connectivity index (χ2v) is 1.93. The Morgan fingerprint density at radius 3 is 2.23 bits per heavy atom. The van der Waals surface area contributed by atoms with Gasteiger partial charge in [-0.15, -0.1) is 0 Å². The molecule has 0 aromatic heterocycles. The molecule has 0 radical (unpaired) electrons. The van der Waals surface area contributed by atoms with Crippen molar-refractivity contribution < 1.29 is 28.7 Å². The first-order chi connectivity index (χ1) is 6.11. The van der Waals surface area contributed by atoms with Crippen LogP contribution in [0.3, 0.4) is 0 Å². The van der Waals surface area contributed by atoms with Gasteiger partial charge >= 0.3 is 24.9 Å². The van der Waals surface area contributed by atoms with Gasteiger partial charge in [-0.1, -0.05) is 0 Å². The normalized spacial score (nSPS) is 11.2. The number of hydrogen-bond acceptors (Lipinski definition) is 7. The molecule has 7 heteroatoms. The van der Waals surface area contributed by atoms with Crippen LogP contribution in [0.4, 0.5) is 0 Å². The second kappa shape index (κ2) is 5.84. The van der Waals surface area contributed by atoms with E-state index in [9.17, 15) is 19.2 Å². The maximum absolute atomic E-state index is 10.6. The summed E-state index contributed by atoms with van der Waals surface area (Å²) < 4.78 is 7.69. The molecule has 72 valence electrons. The highest BCUT2D eigenvalue weighted by Crippen LogP contribution is 1.93. The lowest BCUT2D eigenvalue weighted by Gasteiger charge is -2.04. The molecule has 0 saturated heterocycles. The molecular weight excluding hydrogens is 182 g/mol. The van der Waals surface area contributed by atoms with Gasteiger partial charge in [0.05, 0.1) is 6.42 Å². The largest absolute Gasteiger partial charge is 0.395 e. The van der Waals surface area contributed by atoms with Crippen LogP contribution in [0.2, 0.25) is 0 Å². The summed E-state index contributed by atoms with van der Waals surface area (Å²) >= 11 is 0. The number of rotatable bonds is 5. The summed E-state index contributed by atoms with van der Waals surface area (Å²) in [5, 5.41) is 0. The topological polar surface area (TPSA) is 113 Å². The predicted octanol–water partition coefficient (Wildman–Crippen LogP) is -1.90. The Morgan fingerprint density at radius 2 is 1.77 bits per heavy atom. The van der Waals surface area contributed by atoms with Crippen molar-refractivity contribution in [1.29, 1.82) is 0 Å². The van der Waals surface area contributed by atoms with Crippen molar-refractivity contribution in [1.82, 2.24) is 0 Å². The summed E-state index contributed by atoms with van der Waals surface area (Å²) in [6.45, 7) is -0.187. The van der Waals surface area contributed by atoms with Crippen LogP contribution in [0.25, 0.3) is 0 Å². The molecule has 0 saturated carbocycles. The van der Waals surface area contributed by atoms with Crippen molar-refractivity contribution in [2.75, 3.05) is 0 Å². The van der Waals surface area contributed by atoms with Crippen molar-refractivity contribution in [3.8, 4) is 0 Å². The lowest BCUT2D eigenvalue weighted by atomic mass is 10.2. The third kappa shape index (κ3) is 4.64. The highest BCUT2D eigenvalue weighted by atomic mass is 16.6. The van der Waals surface area contributed by atoms with Crippen LogP contribution in [0.1, 0.15) is 6.42 Å². The van der Waals surface area contributed by atoms with Gasteiger partial charge in [0.25, 0.3) is 0 Å². The lowest BCUT2D eigenvalue weighted by molar-refractivity contribution is -0.158. The molecule has 7 nitrogen and oxygen atoms in total. The van der Waals surface area contributed by atoms with Gasteiger partial charge in [-0.25, -0.2) is 4.79 Å². The van der Waals surface area contributed by atoms with Crippen molar-refractivity contribution in [3.63, 3.8) is 0 Å². The van der Waals surface area contributed by atoms with Crippen LogP contribution in [-0.4, -0.2) is 30.9 Å². The zero-order valence-electron chi connectivity index (χ0n) is 6.47.